The second kappa shape index (κ2) is 7.56. The third-order valence-electron chi connectivity index (χ3n) is 5.52. The van der Waals surface area contributed by atoms with Crippen LogP contribution in [0.5, 0.6) is 0 Å². The Kier molecular flexibility index (Phi) is 5.01. The first kappa shape index (κ1) is 19.9. The van der Waals surface area contributed by atoms with E-state index < -0.39 is 12.4 Å². The average Bonchev–Trinajstić information content (AvgIpc) is 3.40. The third-order valence-corrected chi connectivity index (χ3v) is 5.87. The van der Waals surface area contributed by atoms with Crippen LogP contribution in [0.4, 0.5) is 16.3 Å². The molecule has 0 aliphatic carbocycles. The molecule has 0 radical (unpaired) electrons. The third kappa shape index (κ3) is 3.30. The predicted molar refractivity (Wildman–Crippen MR) is 109 cm³/mol. The van der Waals surface area contributed by atoms with E-state index in [9.17, 15) is 4.79 Å². The van der Waals surface area contributed by atoms with E-state index in [2.05, 4.69) is 10.1 Å². The zero-order chi connectivity index (χ0) is 21.0. The van der Waals surface area contributed by atoms with Gasteiger partial charge in [-0.3, -0.25) is 4.90 Å². The van der Waals surface area contributed by atoms with E-state index in [-0.39, 0.29) is 18.3 Å². The molecule has 0 bridgehead atoms. The fraction of sp³-hybridized carbons (Fsp3) is 0.600. The first-order valence-electron chi connectivity index (χ1n) is 10.2. The molecule has 0 spiro atoms. The van der Waals surface area contributed by atoms with Crippen molar-refractivity contribution >= 4 is 40.2 Å². The van der Waals surface area contributed by atoms with Crippen LogP contribution in [0.2, 0.25) is 5.02 Å². The summed E-state index contributed by atoms with van der Waals surface area (Å²) in [5.74, 6) is 0.385. The Bertz CT molecular complexity index is 965. The van der Waals surface area contributed by atoms with Crippen molar-refractivity contribution in [2.24, 2.45) is 0 Å². The van der Waals surface area contributed by atoms with Crippen molar-refractivity contribution in [3.63, 3.8) is 0 Å². The van der Waals surface area contributed by atoms with Crippen molar-refractivity contribution < 1.29 is 28.3 Å². The predicted octanol–water partition coefficient (Wildman–Crippen LogP) is 3.49. The Balaban J connectivity index is 1.65. The maximum Gasteiger partial charge on any atom is 0.416 e. The van der Waals surface area contributed by atoms with Gasteiger partial charge in [0.2, 0.25) is 0 Å². The quantitative estimate of drug-likeness (QED) is 0.721. The van der Waals surface area contributed by atoms with Crippen LogP contribution >= 0.6 is 11.6 Å². The van der Waals surface area contributed by atoms with Crippen LogP contribution in [0.25, 0.3) is 11.0 Å². The van der Waals surface area contributed by atoms with Gasteiger partial charge in [0, 0.05) is 18.7 Å². The smallest absolute Gasteiger partial charge is 0.416 e. The summed E-state index contributed by atoms with van der Waals surface area (Å²) in [5.41, 5.74) is 2.00. The minimum atomic E-state index is -0.553. The Morgan fingerprint density at radius 3 is 2.40 bits per heavy atom. The largest absolute Gasteiger partial charge is 0.444 e. The number of amides is 1. The summed E-state index contributed by atoms with van der Waals surface area (Å²) >= 11 is 6.88. The Hall–Kier alpha value is -2.07. The lowest BCUT2D eigenvalue weighted by Gasteiger charge is -2.38. The number of rotatable bonds is 3. The standard InChI is InChI=1S/C20H24ClN3O6/c1-10-7-23(8-11(2)28-10)16-13(19-26-4-5-27-19)6-14-17(15(16)21)30-22-18(14)24-9-12(3)29-20(24)25/h6,10-12,19H,4-5,7-9H2,1-3H3/t10-,11-,12-/m1/s1. The summed E-state index contributed by atoms with van der Waals surface area (Å²) < 4.78 is 28.4. The van der Waals surface area contributed by atoms with Crippen LogP contribution in [0.1, 0.15) is 32.6 Å². The highest BCUT2D eigenvalue weighted by Gasteiger charge is 2.36. The summed E-state index contributed by atoms with van der Waals surface area (Å²) in [4.78, 5) is 15.9. The van der Waals surface area contributed by atoms with Crippen LogP contribution in [0.3, 0.4) is 0 Å². The molecule has 3 fully saturated rings. The topological polar surface area (TPSA) is 86.5 Å². The molecule has 3 atom stereocenters. The lowest BCUT2D eigenvalue weighted by atomic mass is 10.1. The number of anilines is 2. The number of nitrogens with zero attached hydrogens (tertiary/aromatic N) is 3. The molecule has 30 heavy (non-hydrogen) atoms. The van der Waals surface area contributed by atoms with E-state index in [1.807, 2.05) is 26.8 Å². The van der Waals surface area contributed by atoms with E-state index in [0.717, 1.165) is 11.3 Å². The number of hydrogen-bond acceptors (Lipinski definition) is 8. The van der Waals surface area contributed by atoms with Crippen LogP contribution in [-0.2, 0) is 18.9 Å². The van der Waals surface area contributed by atoms with Gasteiger partial charge in [-0.05, 0) is 26.8 Å². The summed E-state index contributed by atoms with van der Waals surface area (Å²) in [5, 5.41) is 5.19. The molecule has 0 saturated carbocycles. The van der Waals surface area contributed by atoms with E-state index >= 15 is 0 Å². The van der Waals surface area contributed by atoms with Crippen molar-refractivity contribution in [3.8, 4) is 0 Å². The van der Waals surface area contributed by atoms with Gasteiger partial charge >= 0.3 is 6.09 Å². The fourth-order valence-corrected chi connectivity index (χ4v) is 4.77. The van der Waals surface area contributed by atoms with E-state index in [0.29, 0.717) is 54.7 Å². The van der Waals surface area contributed by atoms with Gasteiger partial charge in [-0.25, -0.2) is 4.79 Å². The second-order valence-electron chi connectivity index (χ2n) is 8.05. The number of carbonyl (C=O) groups excluding carboxylic acids is 1. The minimum Gasteiger partial charge on any atom is -0.444 e. The molecule has 0 N–H and O–H groups in total. The highest BCUT2D eigenvalue weighted by molar-refractivity contribution is 6.38. The van der Waals surface area contributed by atoms with Gasteiger partial charge in [0.1, 0.15) is 11.1 Å². The molecule has 10 heteroatoms. The molecule has 1 amide bonds. The number of aromatic nitrogens is 1. The minimum absolute atomic E-state index is 0.0462. The summed E-state index contributed by atoms with van der Waals surface area (Å²) in [6.45, 7) is 8.64. The first-order valence-corrected chi connectivity index (χ1v) is 10.5. The zero-order valence-electron chi connectivity index (χ0n) is 17.1. The number of halogens is 1. The van der Waals surface area contributed by atoms with E-state index in [4.69, 9.17) is 35.1 Å². The van der Waals surface area contributed by atoms with Gasteiger partial charge < -0.3 is 28.4 Å². The van der Waals surface area contributed by atoms with Crippen LogP contribution in [0, 0.1) is 0 Å². The molecule has 3 aliphatic rings. The molecule has 5 rings (SSSR count). The number of fused-ring (bicyclic) bond motifs is 1. The van der Waals surface area contributed by atoms with Crippen LogP contribution < -0.4 is 9.80 Å². The lowest BCUT2D eigenvalue weighted by molar-refractivity contribution is -0.0443. The van der Waals surface area contributed by atoms with Crippen molar-refractivity contribution in [1.29, 1.82) is 0 Å². The van der Waals surface area contributed by atoms with Gasteiger partial charge in [0.05, 0.1) is 43.0 Å². The molecule has 162 valence electrons. The summed E-state index contributed by atoms with van der Waals surface area (Å²) in [6, 6.07) is 1.90. The Morgan fingerprint density at radius 2 is 1.77 bits per heavy atom. The highest BCUT2D eigenvalue weighted by Crippen LogP contribution is 2.45. The van der Waals surface area contributed by atoms with Crippen LogP contribution in [-0.4, -0.2) is 62.4 Å². The number of carbonyl (C=O) groups is 1. The summed E-state index contributed by atoms with van der Waals surface area (Å²) in [6.07, 6.45) is -1.14. The van der Waals surface area contributed by atoms with Gasteiger partial charge in [0.25, 0.3) is 0 Å². The summed E-state index contributed by atoms with van der Waals surface area (Å²) in [7, 11) is 0. The van der Waals surface area contributed by atoms with Gasteiger partial charge in [-0.2, -0.15) is 0 Å². The van der Waals surface area contributed by atoms with Crippen molar-refractivity contribution in [3.05, 3.63) is 16.7 Å². The average molecular weight is 438 g/mol. The Labute approximate surface area is 178 Å². The normalized spacial score (nSPS) is 28.0. The monoisotopic (exact) mass is 437 g/mol. The number of morpholine rings is 1. The lowest BCUT2D eigenvalue weighted by Crippen LogP contribution is -2.46. The number of ether oxygens (including phenoxy) is 4. The van der Waals surface area contributed by atoms with Crippen molar-refractivity contribution in [1.82, 2.24) is 5.16 Å². The second-order valence-corrected chi connectivity index (χ2v) is 8.43. The number of benzene rings is 1. The van der Waals surface area contributed by atoms with Crippen LogP contribution in [0.15, 0.2) is 10.6 Å². The molecule has 1 aromatic heterocycles. The highest BCUT2D eigenvalue weighted by atomic mass is 35.5. The molecule has 4 heterocycles. The van der Waals surface area contributed by atoms with Gasteiger partial charge in [0.15, 0.2) is 17.7 Å². The van der Waals surface area contributed by atoms with E-state index in [1.54, 1.807) is 0 Å². The molecule has 3 saturated heterocycles. The zero-order valence-corrected chi connectivity index (χ0v) is 17.8. The fourth-order valence-electron chi connectivity index (χ4n) is 4.41. The number of cyclic esters (lactones) is 1. The molecule has 3 aliphatic heterocycles. The van der Waals surface area contributed by atoms with E-state index in [1.165, 1.54) is 4.90 Å². The van der Waals surface area contributed by atoms with Gasteiger partial charge in [-0.1, -0.05) is 16.8 Å². The molecule has 9 nitrogen and oxygen atoms in total. The first-order chi connectivity index (χ1) is 14.4. The Morgan fingerprint density at radius 1 is 1.07 bits per heavy atom. The molecule has 0 unspecified atom stereocenters. The maximum atomic E-state index is 12.3. The van der Waals surface area contributed by atoms with Crippen molar-refractivity contribution in [2.45, 2.75) is 45.4 Å². The number of hydrogen-bond donors (Lipinski definition) is 0. The molecular weight excluding hydrogens is 414 g/mol. The molecule has 2 aromatic rings. The SMILES string of the molecule is C[C@@H]1CN(c2noc3c(Cl)c(N4C[C@@H](C)O[C@H](C)C4)c(C4OCCO4)cc23)C(=O)O1. The maximum absolute atomic E-state index is 12.3. The molecule has 1 aromatic carbocycles. The molecular formula is C20H24ClN3O6. The van der Waals surface area contributed by atoms with Gasteiger partial charge in [-0.15, -0.1) is 0 Å². The van der Waals surface area contributed by atoms with Crippen molar-refractivity contribution in [2.75, 3.05) is 42.6 Å².